The van der Waals surface area contributed by atoms with Gasteiger partial charge in [-0.15, -0.1) is 0 Å². The van der Waals surface area contributed by atoms with Crippen molar-refractivity contribution in [2.45, 2.75) is 64.7 Å². The Balaban J connectivity index is 1.88. The largest absolute Gasteiger partial charge is 0.481 e. The first-order valence-corrected chi connectivity index (χ1v) is 8.64. The molecule has 1 aliphatic heterocycles. The van der Waals surface area contributed by atoms with Crippen molar-refractivity contribution in [1.29, 1.82) is 0 Å². The highest BCUT2D eigenvalue weighted by molar-refractivity contribution is 5.70. The van der Waals surface area contributed by atoms with E-state index in [-0.39, 0.29) is 5.41 Å². The summed E-state index contributed by atoms with van der Waals surface area (Å²) in [4.78, 5) is 12.9. The van der Waals surface area contributed by atoms with Gasteiger partial charge in [0.25, 0.3) is 0 Å². The number of carboxylic acid groups (broad SMARTS) is 1. The van der Waals surface area contributed by atoms with Gasteiger partial charge >= 0.3 is 5.97 Å². The highest BCUT2D eigenvalue weighted by Gasteiger charge is 2.38. The van der Waals surface area contributed by atoms with Crippen LogP contribution in [0.25, 0.3) is 0 Å². The van der Waals surface area contributed by atoms with Crippen molar-refractivity contribution in [3.63, 3.8) is 0 Å². The fraction of sp³-hybridized carbons (Fsp3) is 0.550. The van der Waals surface area contributed by atoms with Crippen molar-refractivity contribution in [3.8, 4) is 0 Å². The molecule has 0 fully saturated rings. The molecule has 0 bridgehead atoms. The van der Waals surface area contributed by atoms with Gasteiger partial charge < -0.3 is 10.0 Å². The molecule has 1 N–H and O–H groups in total. The van der Waals surface area contributed by atoms with E-state index < -0.39 is 5.97 Å². The predicted molar refractivity (Wildman–Crippen MR) is 96.0 cm³/mol. The van der Waals surface area contributed by atoms with Gasteiger partial charge in [0.2, 0.25) is 0 Å². The van der Waals surface area contributed by atoms with Crippen molar-refractivity contribution in [2.24, 2.45) is 0 Å². The lowest BCUT2D eigenvalue weighted by Gasteiger charge is -2.25. The molecule has 1 aromatic rings. The van der Waals surface area contributed by atoms with Crippen molar-refractivity contribution >= 4 is 11.7 Å². The SMILES string of the molecule is C=C1N(CCCCCCCC(=O)O)c2cc(C)ccc2C1(C)C. The number of hydrogen-bond acceptors (Lipinski definition) is 2. The van der Waals surface area contributed by atoms with Gasteiger partial charge in [-0.2, -0.15) is 0 Å². The van der Waals surface area contributed by atoms with Crippen LogP contribution in [0.5, 0.6) is 0 Å². The number of hydrogen-bond donors (Lipinski definition) is 1. The van der Waals surface area contributed by atoms with E-state index in [9.17, 15) is 4.79 Å². The number of allylic oxidation sites excluding steroid dienone is 1. The molecule has 1 heterocycles. The van der Waals surface area contributed by atoms with Crippen LogP contribution >= 0.6 is 0 Å². The number of benzene rings is 1. The fourth-order valence-corrected chi connectivity index (χ4v) is 3.36. The molecule has 3 nitrogen and oxygen atoms in total. The van der Waals surface area contributed by atoms with E-state index >= 15 is 0 Å². The maximum absolute atomic E-state index is 10.5. The summed E-state index contributed by atoms with van der Waals surface area (Å²) in [6, 6.07) is 6.68. The Morgan fingerprint density at radius 3 is 2.52 bits per heavy atom. The van der Waals surface area contributed by atoms with Crippen LogP contribution in [0.15, 0.2) is 30.5 Å². The minimum absolute atomic E-state index is 0.00448. The average molecular weight is 315 g/mol. The van der Waals surface area contributed by atoms with Gasteiger partial charge in [0, 0.05) is 29.8 Å². The highest BCUT2D eigenvalue weighted by atomic mass is 16.4. The molecule has 0 unspecified atom stereocenters. The summed E-state index contributed by atoms with van der Waals surface area (Å²) in [6.07, 6.45) is 5.47. The second-order valence-corrected chi connectivity index (χ2v) is 7.16. The van der Waals surface area contributed by atoms with Gasteiger partial charge in [-0.25, -0.2) is 0 Å². The zero-order valence-corrected chi connectivity index (χ0v) is 14.7. The molecule has 0 radical (unpaired) electrons. The Morgan fingerprint density at radius 1 is 1.17 bits per heavy atom. The minimum atomic E-state index is -0.687. The third-order valence-corrected chi connectivity index (χ3v) is 4.94. The third kappa shape index (κ3) is 3.95. The van der Waals surface area contributed by atoms with Crippen molar-refractivity contribution < 1.29 is 9.90 Å². The second kappa shape index (κ2) is 7.20. The van der Waals surface area contributed by atoms with E-state index in [1.54, 1.807) is 0 Å². The topological polar surface area (TPSA) is 40.5 Å². The highest BCUT2D eigenvalue weighted by Crippen LogP contribution is 2.47. The van der Waals surface area contributed by atoms with Gasteiger partial charge in [-0.1, -0.05) is 51.8 Å². The molecule has 3 heteroatoms. The predicted octanol–water partition coefficient (Wildman–Crippen LogP) is 5.03. The number of unbranched alkanes of at least 4 members (excludes halogenated alkanes) is 4. The molecule has 0 spiro atoms. The smallest absolute Gasteiger partial charge is 0.303 e. The lowest BCUT2D eigenvalue weighted by molar-refractivity contribution is -0.137. The van der Waals surface area contributed by atoms with Gasteiger partial charge in [0.1, 0.15) is 0 Å². The number of anilines is 1. The van der Waals surface area contributed by atoms with Crippen LogP contribution in [0, 0.1) is 6.92 Å². The van der Waals surface area contributed by atoms with Crippen molar-refractivity contribution in [3.05, 3.63) is 41.6 Å². The van der Waals surface area contributed by atoms with Gasteiger partial charge in [-0.05, 0) is 37.0 Å². The van der Waals surface area contributed by atoms with Crippen LogP contribution in [0.2, 0.25) is 0 Å². The molecule has 0 saturated carbocycles. The van der Waals surface area contributed by atoms with Crippen LogP contribution in [0.4, 0.5) is 5.69 Å². The Bertz CT molecular complexity index is 589. The number of rotatable bonds is 8. The van der Waals surface area contributed by atoms with E-state index in [1.807, 2.05) is 0 Å². The Labute approximate surface area is 140 Å². The Hall–Kier alpha value is -1.77. The van der Waals surface area contributed by atoms with Crippen LogP contribution in [-0.2, 0) is 10.2 Å². The molecule has 0 aromatic heterocycles. The van der Waals surface area contributed by atoms with E-state index in [2.05, 4.69) is 50.4 Å². The molecule has 1 aliphatic rings. The van der Waals surface area contributed by atoms with E-state index in [0.717, 1.165) is 38.6 Å². The Kier molecular flexibility index (Phi) is 5.51. The first-order chi connectivity index (χ1) is 10.8. The van der Waals surface area contributed by atoms with Crippen LogP contribution in [0.3, 0.4) is 0 Å². The second-order valence-electron chi connectivity index (χ2n) is 7.16. The molecule has 0 amide bonds. The summed E-state index contributed by atoms with van der Waals surface area (Å²) in [5.41, 5.74) is 5.15. The standard InChI is InChI=1S/C20H29NO2/c1-15-11-12-17-18(14-15)21(16(2)20(17,3)4)13-9-7-5-6-8-10-19(22)23/h11-12,14H,2,5-10,13H2,1,3-4H3,(H,22,23). The normalized spacial score (nSPS) is 15.8. The number of carbonyl (C=O) groups is 1. The number of carboxylic acids is 1. The molecule has 2 rings (SSSR count). The van der Waals surface area contributed by atoms with E-state index in [1.165, 1.54) is 22.5 Å². The molecule has 1 aromatic carbocycles. The number of aliphatic carboxylic acids is 1. The summed E-state index contributed by atoms with van der Waals surface area (Å²) in [5.74, 6) is -0.687. The molecule has 126 valence electrons. The molecular weight excluding hydrogens is 286 g/mol. The van der Waals surface area contributed by atoms with E-state index in [0.29, 0.717) is 6.42 Å². The van der Waals surface area contributed by atoms with Gasteiger partial charge in [0.05, 0.1) is 0 Å². The first kappa shape index (κ1) is 17.6. The van der Waals surface area contributed by atoms with Crippen LogP contribution < -0.4 is 4.90 Å². The maximum Gasteiger partial charge on any atom is 0.303 e. The first-order valence-electron chi connectivity index (χ1n) is 8.64. The summed E-state index contributed by atoms with van der Waals surface area (Å²) in [7, 11) is 0. The monoisotopic (exact) mass is 315 g/mol. The zero-order valence-electron chi connectivity index (χ0n) is 14.7. The lowest BCUT2D eigenvalue weighted by atomic mass is 9.84. The number of nitrogens with zero attached hydrogens (tertiary/aromatic N) is 1. The fourth-order valence-electron chi connectivity index (χ4n) is 3.36. The number of fused-ring (bicyclic) bond motifs is 1. The quantitative estimate of drug-likeness (QED) is 0.684. The van der Waals surface area contributed by atoms with E-state index in [4.69, 9.17) is 5.11 Å². The maximum atomic E-state index is 10.5. The molecular formula is C20H29NO2. The minimum Gasteiger partial charge on any atom is -0.481 e. The van der Waals surface area contributed by atoms with Gasteiger partial charge in [-0.3, -0.25) is 4.79 Å². The van der Waals surface area contributed by atoms with Crippen molar-refractivity contribution in [1.82, 2.24) is 0 Å². The molecule has 0 saturated heterocycles. The number of aryl methyl sites for hydroxylation is 1. The average Bonchev–Trinajstić information content (AvgIpc) is 2.66. The summed E-state index contributed by atoms with van der Waals surface area (Å²) in [5, 5.41) is 8.64. The molecule has 23 heavy (non-hydrogen) atoms. The summed E-state index contributed by atoms with van der Waals surface area (Å²) < 4.78 is 0. The molecule has 0 atom stereocenters. The third-order valence-electron chi connectivity index (χ3n) is 4.94. The van der Waals surface area contributed by atoms with Gasteiger partial charge in [0.15, 0.2) is 0 Å². The summed E-state index contributed by atoms with van der Waals surface area (Å²) in [6.45, 7) is 12.0. The van der Waals surface area contributed by atoms with Crippen molar-refractivity contribution in [2.75, 3.05) is 11.4 Å². The molecule has 0 aliphatic carbocycles. The van der Waals surface area contributed by atoms with Crippen LogP contribution in [0.1, 0.15) is 63.5 Å². The Morgan fingerprint density at radius 2 is 1.83 bits per heavy atom. The van der Waals surface area contributed by atoms with Crippen LogP contribution in [-0.4, -0.2) is 17.6 Å². The zero-order chi connectivity index (χ0) is 17.0. The lowest BCUT2D eigenvalue weighted by Crippen LogP contribution is -2.26. The summed E-state index contributed by atoms with van der Waals surface area (Å²) >= 11 is 0.